The third kappa shape index (κ3) is 1.48. The number of ether oxygens (including phenoxy) is 1. The SMILES string of the molecule is C[C@H]1O[C@H](O)CC[C@@]1(C)O. The minimum absolute atomic E-state index is 0.267. The fourth-order valence-electron chi connectivity index (χ4n) is 1.07. The molecule has 1 aliphatic rings. The zero-order chi connectivity index (χ0) is 7.78. The second-order valence-electron chi connectivity index (χ2n) is 3.13. The standard InChI is InChI=1S/C7H14O3/c1-5-7(2,9)4-3-6(8)10-5/h5-6,8-9H,3-4H2,1-2H3/t5-,6+,7-/m1/s1. The van der Waals surface area contributed by atoms with Crippen molar-refractivity contribution in [2.24, 2.45) is 0 Å². The first-order valence-electron chi connectivity index (χ1n) is 3.58. The van der Waals surface area contributed by atoms with Gasteiger partial charge in [-0.15, -0.1) is 0 Å². The Hall–Kier alpha value is -0.120. The predicted octanol–water partition coefficient (Wildman–Crippen LogP) is 0.255. The number of hydrogen-bond donors (Lipinski definition) is 2. The predicted molar refractivity (Wildman–Crippen MR) is 36.4 cm³/mol. The molecule has 1 heterocycles. The zero-order valence-corrected chi connectivity index (χ0v) is 6.37. The van der Waals surface area contributed by atoms with E-state index in [1.165, 1.54) is 0 Å². The Morgan fingerprint density at radius 3 is 2.60 bits per heavy atom. The molecule has 0 radical (unpaired) electrons. The molecule has 3 heteroatoms. The maximum atomic E-state index is 9.52. The second-order valence-corrected chi connectivity index (χ2v) is 3.13. The largest absolute Gasteiger partial charge is 0.387 e. The van der Waals surface area contributed by atoms with Crippen LogP contribution in [0.4, 0.5) is 0 Å². The van der Waals surface area contributed by atoms with Crippen molar-refractivity contribution in [1.82, 2.24) is 0 Å². The number of rotatable bonds is 0. The zero-order valence-electron chi connectivity index (χ0n) is 6.37. The average molecular weight is 146 g/mol. The Labute approximate surface area is 60.6 Å². The summed E-state index contributed by atoms with van der Waals surface area (Å²) in [6.45, 7) is 3.49. The summed E-state index contributed by atoms with van der Waals surface area (Å²) in [6, 6.07) is 0. The Morgan fingerprint density at radius 1 is 1.60 bits per heavy atom. The summed E-state index contributed by atoms with van der Waals surface area (Å²) in [4.78, 5) is 0. The average Bonchev–Trinajstić information content (AvgIpc) is 1.81. The van der Waals surface area contributed by atoms with Gasteiger partial charge in [-0.3, -0.25) is 0 Å². The van der Waals surface area contributed by atoms with Gasteiger partial charge in [0.1, 0.15) is 0 Å². The fraction of sp³-hybridized carbons (Fsp3) is 1.00. The molecular weight excluding hydrogens is 132 g/mol. The van der Waals surface area contributed by atoms with Crippen LogP contribution in [0.25, 0.3) is 0 Å². The molecule has 2 N–H and O–H groups in total. The van der Waals surface area contributed by atoms with E-state index in [1.807, 2.05) is 0 Å². The lowest BCUT2D eigenvalue weighted by molar-refractivity contribution is -0.224. The number of aliphatic hydroxyl groups is 2. The van der Waals surface area contributed by atoms with Gasteiger partial charge in [0.05, 0.1) is 11.7 Å². The smallest absolute Gasteiger partial charge is 0.155 e. The normalized spacial score (nSPS) is 49.2. The van der Waals surface area contributed by atoms with E-state index < -0.39 is 11.9 Å². The maximum Gasteiger partial charge on any atom is 0.155 e. The van der Waals surface area contributed by atoms with Crippen LogP contribution >= 0.6 is 0 Å². The summed E-state index contributed by atoms with van der Waals surface area (Å²) in [5, 5.41) is 18.5. The van der Waals surface area contributed by atoms with Gasteiger partial charge in [-0.05, 0) is 20.3 Å². The van der Waals surface area contributed by atoms with Crippen LogP contribution in [0.5, 0.6) is 0 Å². The van der Waals surface area contributed by atoms with E-state index in [-0.39, 0.29) is 6.10 Å². The number of hydrogen-bond acceptors (Lipinski definition) is 3. The van der Waals surface area contributed by atoms with E-state index in [1.54, 1.807) is 13.8 Å². The van der Waals surface area contributed by atoms with Crippen molar-refractivity contribution in [3.8, 4) is 0 Å². The first kappa shape index (κ1) is 7.98. The molecule has 1 rings (SSSR count). The Bertz CT molecular complexity index is 122. The molecule has 60 valence electrons. The summed E-state index contributed by atoms with van der Waals surface area (Å²) in [7, 11) is 0. The van der Waals surface area contributed by atoms with Crippen molar-refractivity contribution >= 4 is 0 Å². The van der Waals surface area contributed by atoms with Gasteiger partial charge in [-0.2, -0.15) is 0 Å². The van der Waals surface area contributed by atoms with Crippen molar-refractivity contribution in [3.63, 3.8) is 0 Å². The van der Waals surface area contributed by atoms with Gasteiger partial charge in [0.2, 0.25) is 0 Å². The van der Waals surface area contributed by atoms with Gasteiger partial charge in [0.15, 0.2) is 6.29 Å². The quantitative estimate of drug-likeness (QED) is 0.515. The first-order chi connectivity index (χ1) is 4.52. The number of aliphatic hydroxyl groups excluding tert-OH is 1. The molecule has 0 saturated carbocycles. The van der Waals surface area contributed by atoms with E-state index in [0.717, 1.165) is 0 Å². The van der Waals surface area contributed by atoms with E-state index in [0.29, 0.717) is 12.8 Å². The molecule has 0 aromatic rings. The lowest BCUT2D eigenvalue weighted by Gasteiger charge is -2.37. The van der Waals surface area contributed by atoms with Crippen molar-refractivity contribution in [1.29, 1.82) is 0 Å². The summed E-state index contributed by atoms with van der Waals surface area (Å²) < 4.78 is 5.01. The molecule has 1 saturated heterocycles. The van der Waals surface area contributed by atoms with Crippen molar-refractivity contribution in [3.05, 3.63) is 0 Å². The van der Waals surface area contributed by atoms with Gasteiger partial charge >= 0.3 is 0 Å². The van der Waals surface area contributed by atoms with Crippen molar-refractivity contribution in [2.45, 2.75) is 44.7 Å². The minimum atomic E-state index is -0.765. The van der Waals surface area contributed by atoms with E-state index in [4.69, 9.17) is 9.84 Å². The van der Waals surface area contributed by atoms with Crippen LogP contribution in [-0.4, -0.2) is 28.2 Å². The van der Waals surface area contributed by atoms with E-state index in [2.05, 4.69) is 0 Å². The topological polar surface area (TPSA) is 49.7 Å². The summed E-state index contributed by atoms with van der Waals surface area (Å²) in [5.41, 5.74) is -0.765. The van der Waals surface area contributed by atoms with Gasteiger partial charge in [-0.1, -0.05) is 0 Å². The van der Waals surface area contributed by atoms with Crippen LogP contribution in [0.15, 0.2) is 0 Å². The van der Waals surface area contributed by atoms with Gasteiger partial charge in [0.25, 0.3) is 0 Å². The molecule has 1 fully saturated rings. The molecule has 3 nitrogen and oxygen atoms in total. The molecule has 10 heavy (non-hydrogen) atoms. The van der Waals surface area contributed by atoms with E-state index in [9.17, 15) is 5.11 Å². The van der Waals surface area contributed by atoms with Crippen LogP contribution in [0.3, 0.4) is 0 Å². The highest BCUT2D eigenvalue weighted by atomic mass is 16.6. The first-order valence-corrected chi connectivity index (χ1v) is 3.58. The lowest BCUT2D eigenvalue weighted by atomic mass is 9.92. The van der Waals surface area contributed by atoms with Gasteiger partial charge < -0.3 is 14.9 Å². The van der Waals surface area contributed by atoms with Crippen LogP contribution < -0.4 is 0 Å². The molecule has 0 aromatic heterocycles. The van der Waals surface area contributed by atoms with Gasteiger partial charge in [0, 0.05) is 6.42 Å². The fourth-order valence-corrected chi connectivity index (χ4v) is 1.07. The third-order valence-electron chi connectivity index (χ3n) is 2.13. The van der Waals surface area contributed by atoms with Crippen LogP contribution in [0, 0.1) is 0 Å². The molecular formula is C7H14O3. The molecule has 0 spiro atoms. The Morgan fingerprint density at radius 2 is 2.20 bits per heavy atom. The van der Waals surface area contributed by atoms with Crippen LogP contribution in [0.2, 0.25) is 0 Å². The lowest BCUT2D eigenvalue weighted by Crippen LogP contribution is -2.46. The molecule has 3 atom stereocenters. The van der Waals surface area contributed by atoms with Crippen molar-refractivity contribution in [2.75, 3.05) is 0 Å². The monoisotopic (exact) mass is 146 g/mol. The summed E-state index contributed by atoms with van der Waals surface area (Å²) >= 11 is 0. The Kier molecular flexibility index (Phi) is 1.99. The molecule has 0 unspecified atom stereocenters. The maximum absolute atomic E-state index is 9.52. The Balaban J connectivity index is 2.52. The molecule has 0 amide bonds. The highest BCUT2D eigenvalue weighted by molar-refractivity contribution is 4.83. The highest BCUT2D eigenvalue weighted by Crippen LogP contribution is 2.26. The van der Waals surface area contributed by atoms with Crippen molar-refractivity contribution < 1.29 is 14.9 Å². The van der Waals surface area contributed by atoms with Gasteiger partial charge in [-0.25, -0.2) is 0 Å². The molecule has 1 aliphatic heterocycles. The molecule has 0 aromatic carbocycles. The van der Waals surface area contributed by atoms with Crippen LogP contribution in [0.1, 0.15) is 26.7 Å². The highest BCUT2D eigenvalue weighted by Gasteiger charge is 2.35. The summed E-state index contributed by atoms with van der Waals surface area (Å²) in [5.74, 6) is 0. The second kappa shape index (κ2) is 2.49. The summed E-state index contributed by atoms with van der Waals surface area (Å²) in [6.07, 6.45) is 0.179. The minimum Gasteiger partial charge on any atom is -0.387 e. The third-order valence-corrected chi connectivity index (χ3v) is 2.13. The van der Waals surface area contributed by atoms with Crippen LogP contribution in [-0.2, 0) is 4.74 Å². The molecule has 0 bridgehead atoms. The van der Waals surface area contributed by atoms with E-state index >= 15 is 0 Å². The molecule has 0 aliphatic carbocycles.